The number of aliphatic imine (C=N–C) groups is 1. The summed E-state index contributed by atoms with van der Waals surface area (Å²) in [4.78, 5) is 19.3. The molecule has 0 aliphatic rings. The van der Waals surface area contributed by atoms with Gasteiger partial charge in [-0.2, -0.15) is 13.2 Å². The van der Waals surface area contributed by atoms with Gasteiger partial charge in [0.15, 0.2) is 5.96 Å². The van der Waals surface area contributed by atoms with E-state index in [1.165, 1.54) is 17.0 Å². The summed E-state index contributed by atoms with van der Waals surface area (Å²) in [5, 5.41) is 3.20. The first-order valence-electron chi connectivity index (χ1n) is 8.51. The number of amides is 1. The number of hydrogen-bond acceptors (Lipinski definition) is 2. The summed E-state index contributed by atoms with van der Waals surface area (Å²) in [7, 11) is 5.11. The number of carbonyl (C=O) groups is 1. The van der Waals surface area contributed by atoms with E-state index in [1.807, 2.05) is 0 Å². The molecule has 0 bridgehead atoms. The molecule has 0 saturated heterocycles. The minimum absolute atomic E-state index is 0.0127. The van der Waals surface area contributed by atoms with E-state index >= 15 is 0 Å². The Bertz CT molecular complexity index is 597. The van der Waals surface area contributed by atoms with Crippen molar-refractivity contribution in [3.63, 3.8) is 0 Å². The summed E-state index contributed by atoms with van der Waals surface area (Å²) in [5.41, 5.74) is 0.0554. The highest BCUT2D eigenvalue weighted by atomic mass is 19.4. The van der Waals surface area contributed by atoms with Gasteiger partial charge in [-0.1, -0.05) is 25.5 Å². The molecule has 1 aromatic rings. The maximum absolute atomic E-state index is 12.6. The van der Waals surface area contributed by atoms with Crippen LogP contribution < -0.4 is 5.32 Å². The molecule has 0 heterocycles. The molecule has 1 amide bonds. The number of halogens is 3. The monoisotopic (exact) mass is 372 g/mol. The zero-order valence-electron chi connectivity index (χ0n) is 15.7. The second kappa shape index (κ2) is 10.0. The van der Waals surface area contributed by atoms with Crippen molar-refractivity contribution in [3.05, 3.63) is 35.4 Å². The molecule has 146 valence electrons. The Balaban J connectivity index is 2.81. The summed E-state index contributed by atoms with van der Waals surface area (Å²) in [6.07, 6.45) is -2.38. The Labute approximate surface area is 152 Å². The SMILES string of the molecule is CCCCNC(=NCC(=O)N(C)C)N(C)Cc1ccc(C(F)(F)F)cc1. The first kappa shape index (κ1) is 21.8. The van der Waals surface area contributed by atoms with Crippen LogP contribution in [0.15, 0.2) is 29.3 Å². The Morgan fingerprint density at radius 1 is 1.15 bits per heavy atom. The summed E-state index contributed by atoms with van der Waals surface area (Å²) in [6.45, 7) is 3.17. The van der Waals surface area contributed by atoms with Crippen molar-refractivity contribution >= 4 is 11.9 Å². The van der Waals surface area contributed by atoms with Crippen LogP contribution in [0.5, 0.6) is 0 Å². The van der Waals surface area contributed by atoms with Crippen LogP contribution in [0.1, 0.15) is 30.9 Å². The van der Waals surface area contributed by atoms with Gasteiger partial charge in [0, 0.05) is 34.2 Å². The fraction of sp³-hybridized carbons (Fsp3) is 0.556. The van der Waals surface area contributed by atoms with E-state index in [9.17, 15) is 18.0 Å². The van der Waals surface area contributed by atoms with Crippen molar-refractivity contribution in [2.75, 3.05) is 34.2 Å². The first-order valence-corrected chi connectivity index (χ1v) is 8.51. The molecule has 1 aromatic carbocycles. The molecule has 0 aliphatic carbocycles. The molecule has 5 nitrogen and oxygen atoms in total. The molecule has 0 atom stereocenters. The molecule has 0 radical (unpaired) electrons. The summed E-state index contributed by atoms with van der Waals surface area (Å²) in [6, 6.07) is 5.04. The van der Waals surface area contributed by atoms with Crippen molar-refractivity contribution in [3.8, 4) is 0 Å². The lowest BCUT2D eigenvalue weighted by atomic mass is 10.1. The second-order valence-corrected chi connectivity index (χ2v) is 6.26. The van der Waals surface area contributed by atoms with Gasteiger partial charge in [-0.05, 0) is 24.1 Å². The highest BCUT2D eigenvalue weighted by Crippen LogP contribution is 2.29. The topological polar surface area (TPSA) is 47.9 Å². The van der Waals surface area contributed by atoms with Crippen molar-refractivity contribution in [1.29, 1.82) is 0 Å². The van der Waals surface area contributed by atoms with Crippen LogP contribution in [-0.4, -0.2) is 55.9 Å². The van der Waals surface area contributed by atoms with Gasteiger partial charge in [0.2, 0.25) is 5.91 Å². The number of alkyl halides is 3. The zero-order chi connectivity index (χ0) is 19.7. The third kappa shape index (κ3) is 7.33. The van der Waals surface area contributed by atoms with Crippen molar-refractivity contribution in [1.82, 2.24) is 15.1 Å². The van der Waals surface area contributed by atoms with Crippen LogP contribution in [0.4, 0.5) is 13.2 Å². The van der Waals surface area contributed by atoms with Crippen molar-refractivity contribution < 1.29 is 18.0 Å². The predicted molar refractivity (Wildman–Crippen MR) is 96.8 cm³/mol. The quantitative estimate of drug-likeness (QED) is 0.455. The van der Waals surface area contributed by atoms with E-state index in [0.717, 1.165) is 30.5 Å². The lowest BCUT2D eigenvalue weighted by Gasteiger charge is -2.23. The lowest BCUT2D eigenvalue weighted by Crippen LogP contribution is -2.40. The molecule has 0 fully saturated rings. The molecule has 1 N–H and O–H groups in total. The number of rotatable bonds is 7. The number of unbranched alkanes of at least 4 members (excludes halogenated alkanes) is 1. The predicted octanol–water partition coefficient (Wildman–Crippen LogP) is 2.97. The molecule has 8 heteroatoms. The molecule has 0 spiro atoms. The van der Waals surface area contributed by atoms with Gasteiger partial charge >= 0.3 is 6.18 Å². The number of guanidine groups is 1. The number of nitrogens with zero attached hydrogens (tertiary/aromatic N) is 3. The van der Waals surface area contributed by atoms with Gasteiger partial charge in [0.25, 0.3) is 0 Å². The minimum Gasteiger partial charge on any atom is -0.356 e. The third-order valence-corrected chi connectivity index (χ3v) is 3.74. The Kier molecular flexibility index (Phi) is 8.41. The number of benzene rings is 1. The van der Waals surface area contributed by atoms with Crippen LogP contribution in [-0.2, 0) is 17.5 Å². The standard InChI is InChI=1S/C18H27F3N4O/c1-5-6-11-22-17(23-12-16(26)24(2)3)25(4)13-14-7-9-15(10-8-14)18(19,20)21/h7-10H,5-6,11-13H2,1-4H3,(H,22,23). The summed E-state index contributed by atoms with van der Waals surface area (Å²) >= 11 is 0. The molecule has 0 aromatic heterocycles. The summed E-state index contributed by atoms with van der Waals surface area (Å²) in [5.74, 6) is 0.427. The number of likely N-dealkylation sites (N-methyl/N-ethyl adjacent to an activating group) is 1. The molecular formula is C18H27F3N4O. The van der Waals surface area contributed by atoms with E-state index in [2.05, 4.69) is 17.2 Å². The summed E-state index contributed by atoms with van der Waals surface area (Å²) < 4.78 is 37.9. The highest BCUT2D eigenvalue weighted by Gasteiger charge is 2.29. The van der Waals surface area contributed by atoms with Gasteiger partial charge in [-0.3, -0.25) is 4.79 Å². The van der Waals surface area contributed by atoms with E-state index in [4.69, 9.17) is 0 Å². The van der Waals surface area contributed by atoms with Gasteiger partial charge < -0.3 is 15.1 Å². The number of nitrogens with one attached hydrogen (secondary N) is 1. The minimum atomic E-state index is -4.34. The average molecular weight is 372 g/mol. The fourth-order valence-corrected chi connectivity index (χ4v) is 2.12. The van der Waals surface area contributed by atoms with E-state index < -0.39 is 11.7 Å². The maximum Gasteiger partial charge on any atom is 0.416 e. The highest BCUT2D eigenvalue weighted by molar-refractivity contribution is 5.84. The third-order valence-electron chi connectivity index (χ3n) is 3.74. The first-order chi connectivity index (χ1) is 12.1. The van der Waals surface area contributed by atoms with Gasteiger partial charge in [0.1, 0.15) is 6.54 Å². The van der Waals surface area contributed by atoms with E-state index in [1.54, 1.807) is 26.0 Å². The number of carbonyl (C=O) groups excluding carboxylic acids is 1. The van der Waals surface area contributed by atoms with Gasteiger partial charge in [-0.25, -0.2) is 4.99 Å². The van der Waals surface area contributed by atoms with Crippen LogP contribution in [0.3, 0.4) is 0 Å². The second-order valence-electron chi connectivity index (χ2n) is 6.26. The molecular weight excluding hydrogens is 345 g/mol. The molecule has 1 rings (SSSR count). The lowest BCUT2D eigenvalue weighted by molar-refractivity contribution is -0.137. The van der Waals surface area contributed by atoms with E-state index in [-0.39, 0.29) is 12.5 Å². The van der Waals surface area contributed by atoms with Crippen LogP contribution in [0.25, 0.3) is 0 Å². The normalized spacial score (nSPS) is 12.0. The zero-order valence-corrected chi connectivity index (χ0v) is 15.7. The fourth-order valence-electron chi connectivity index (χ4n) is 2.12. The van der Waals surface area contributed by atoms with Crippen LogP contribution >= 0.6 is 0 Å². The van der Waals surface area contributed by atoms with Gasteiger partial charge in [-0.15, -0.1) is 0 Å². The smallest absolute Gasteiger partial charge is 0.356 e. The van der Waals surface area contributed by atoms with Crippen molar-refractivity contribution in [2.45, 2.75) is 32.5 Å². The largest absolute Gasteiger partial charge is 0.416 e. The Hall–Kier alpha value is -2.25. The Morgan fingerprint density at radius 3 is 2.27 bits per heavy atom. The number of hydrogen-bond donors (Lipinski definition) is 1. The molecule has 26 heavy (non-hydrogen) atoms. The van der Waals surface area contributed by atoms with Crippen LogP contribution in [0.2, 0.25) is 0 Å². The average Bonchev–Trinajstić information content (AvgIpc) is 2.57. The van der Waals surface area contributed by atoms with E-state index in [0.29, 0.717) is 19.0 Å². The molecule has 0 saturated carbocycles. The van der Waals surface area contributed by atoms with Gasteiger partial charge in [0.05, 0.1) is 5.56 Å². The van der Waals surface area contributed by atoms with Crippen LogP contribution in [0, 0.1) is 0 Å². The maximum atomic E-state index is 12.6. The molecule has 0 unspecified atom stereocenters. The van der Waals surface area contributed by atoms with Crippen molar-refractivity contribution in [2.24, 2.45) is 4.99 Å². The molecule has 0 aliphatic heterocycles. The Morgan fingerprint density at radius 2 is 1.77 bits per heavy atom.